The SMILES string of the molecule is Cc1cc(CC(NC(=O)OCC2c3ccccc3-c3ccccc32)C(=O)O)sc1C. The summed E-state index contributed by atoms with van der Waals surface area (Å²) >= 11 is 1.55. The number of carbonyl (C=O) groups is 2. The number of carboxylic acids is 1. The van der Waals surface area contributed by atoms with Crippen molar-refractivity contribution >= 4 is 23.4 Å². The Labute approximate surface area is 179 Å². The fourth-order valence-corrected chi connectivity index (χ4v) is 5.03. The lowest BCUT2D eigenvalue weighted by atomic mass is 9.98. The van der Waals surface area contributed by atoms with Crippen molar-refractivity contribution in [1.29, 1.82) is 0 Å². The van der Waals surface area contributed by atoms with Crippen LogP contribution < -0.4 is 5.32 Å². The van der Waals surface area contributed by atoms with E-state index in [1.807, 2.05) is 56.3 Å². The van der Waals surface area contributed by atoms with Gasteiger partial charge in [-0.05, 0) is 47.7 Å². The maximum atomic E-state index is 12.4. The largest absolute Gasteiger partial charge is 0.480 e. The molecule has 5 nitrogen and oxygen atoms in total. The van der Waals surface area contributed by atoms with E-state index >= 15 is 0 Å². The third-order valence-electron chi connectivity index (χ3n) is 5.56. The molecule has 2 N–H and O–H groups in total. The van der Waals surface area contributed by atoms with Gasteiger partial charge in [0, 0.05) is 22.1 Å². The van der Waals surface area contributed by atoms with Crippen molar-refractivity contribution in [3.8, 4) is 11.1 Å². The molecule has 1 aliphatic rings. The number of carboxylic acid groups (broad SMARTS) is 1. The van der Waals surface area contributed by atoms with Crippen molar-refractivity contribution in [2.75, 3.05) is 6.61 Å². The summed E-state index contributed by atoms with van der Waals surface area (Å²) in [6.07, 6.45) is -0.479. The van der Waals surface area contributed by atoms with Gasteiger partial charge in [-0.2, -0.15) is 0 Å². The molecule has 1 amide bonds. The van der Waals surface area contributed by atoms with E-state index in [0.717, 1.165) is 37.6 Å². The number of thiophene rings is 1. The molecule has 154 valence electrons. The van der Waals surface area contributed by atoms with E-state index in [1.54, 1.807) is 11.3 Å². The Bertz CT molecular complexity index is 1040. The Morgan fingerprint density at radius 3 is 2.20 bits per heavy atom. The molecule has 1 atom stereocenters. The maximum absolute atomic E-state index is 12.4. The van der Waals surface area contributed by atoms with Crippen LogP contribution in [-0.4, -0.2) is 29.8 Å². The van der Waals surface area contributed by atoms with Crippen molar-refractivity contribution in [3.63, 3.8) is 0 Å². The zero-order chi connectivity index (χ0) is 21.3. The Kier molecular flexibility index (Phi) is 5.59. The van der Waals surface area contributed by atoms with Gasteiger partial charge in [0.1, 0.15) is 12.6 Å². The van der Waals surface area contributed by atoms with Crippen LogP contribution in [-0.2, 0) is 16.0 Å². The predicted octanol–water partition coefficient (Wildman–Crippen LogP) is 4.90. The molecule has 1 heterocycles. The number of benzene rings is 2. The van der Waals surface area contributed by atoms with Crippen LogP contribution in [0, 0.1) is 13.8 Å². The number of rotatable bonds is 6. The third-order valence-corrected chi connectivity index (χ3v) is 6.73. The van der Waals surface area contributed by atoms with E-state index in [9.17, 15) is 14.7 Å². The maximum Gasteiger partial charge on any atom is 0.407 e. The van der Waals surface area contributed by atoms with Crippen LogP contribution in [0.15, 0.2) is 54.6 Å². The number of ether oxygens (including phenoxy) is 1. The van der Waals surface area contributed by atoms with Gasteiger partial charge >= 0.3 is 12.1 Å². The van der Waals surface area contributed by atoms with E-state index in [-0.39, 0.29) is 18.9 Å². The molecule has 0 aliphatic heterocycles. The first kappa shape index (κ1) is 20.2. The number of fused-ring (bicyclic) bond motifs is 3. The highest BCUT2D eigenvalue weighted by molar-refractivity contribution is 7.12. The van der Waals surface area contributed by atoms with Crippen molar-refractivity contribution < 1.29 is 19.4 Å². The first-order valence-corrected chi connectivity index (χ1v) is 10.7. The average molecular weight is 422 g/mol. The quantitative estimate of drug-likeness (QED) is 0.594. The van der Waals surface area contributed by atoms with Gasteiger partial charge in [-0.3, -0.25) is 0 Å². The number of hydrogen-bond donors (Lipinski definition) is 2. The van der Waals surface area contributed by atoms with Crippen LogP contribution in [0.4, 0.5) is 4.79 Å². The van der Waals surface area contributed by atoms with Gasteiger partial charge in [0.15, 0.2) is 0 Å². The topological polar surface area (TPSA) is 75.6 Å². The summed E-state index contributed by atoms with van der Waals surface area (Å²) in [7, 11) is 0. The highest BCUT2D eigenvalue weighted by Gasteiger charge is 2.29. The summed E-state index contributed by atoms with van der Waals surface area (Å²) in [6.45, 7) is 4.14. The average Bonchev–Trinajstić information content (AvgIpc) is 3.22. The molecule has 0 saturated carbocycles. The molecule has 0 saturated heterocycles. The number of aryl methyl sites for hydroxylation is 2. The smallest absolute Gasteiger partial charge is 0.407 e. The molecule has 0 radical (unpaired) electrons. The highest BCUT2D eigenvalue weighted by Crippen LogP contribution is 2.44. The zero-order valence-electron chi connectivity index (χ0n) is 16.8. The first-order valence-electron chi connectivity index (χ1n) is 9.84. The van der Waals surface area contributed by atoms with Crippen LogP contribution in [0.3, 0.4) is 0 Å². The van der Waals surface area contributed by atoms with E-state index in [1.165, 1.54) is 0 Å². The molecule has 0 bridgehead atoms. The second kappa shape index (κ2) is 8.32. The lowest BCUT2D eigenvalue weighted by Crippen LogP contribution is -2.42. The number of nitrogens with one attached hydrogen (secondary N) is 1. The summed E-state index contributed by atoms with van der Waals surface area (Å²) in [4.78, 5) is 26.1. The van der Waals surface area contributed by atoms with E-state index in [2.05, 4.69) is 17.4 Å². The molecule has 1 aliphatic carbocycles. The molecule has 4 rings (SSSR count). The molecule has 0 fully saturated rings. The Hall–Kier alpha value is -3.12. The second-order valence-corrected chi connectivity index (χ2v) is 8.86. The molecule has 0 spiro atoms. The van der Waals surface area contributed by atoms with Gasteiger partial charge in [0.25, 0.3) is 0 Å². The van der Waals surface area contributed by atoms with Crippen molar-refractivity contribution in [3.05, 3.63) is 81.0 Å². The molecule has 2 aromatic carbocycles. The molecular weight excluding hydrogens is 398 g/mol. The number of aliphatic carboxylic acids is 1. The van der Waals surface area contributed by atoms with Crippen molar-refractivity contribution in [2.45, 2.75) is 32.2 Å². The van der Waals surface area contributed by atoms with Crippen LogP contribution in [0.5, 0.6) is 0 Å². The van der Waals surface area contributed by atoms with Gasteiger partial charge in [-0.25, -0.2) is 9.59 Å². The Balaban J connectivity index is 1.43. The van der Waals surface area contributed by atoms with E-state index in [4.69, 9.17) is 4.74 Å². The number of carbonyl (C=O) groups excluding carboxylic acids is 1. The lowest BCUT2D eigenvalue weighted by Gasteiger charge is -2.17. The second-order valence-electron chi connectivity index (χ2n) is 7.52. The minimum atomic E-state index is -1.08. The fraction of sp³-hybridized carbons (Fsp3) is 0.250. The van der Waals surface area contributed by atoms with Gasteiger partial charge in [0.05, 0.1) is 0 Å². The van der Waals surface area contributed by atoms with Crippen molar-refractivity contribution in [2.24, 2.45) is 0 Å². The minimum Gasteiger partial charge on any atom is -0.480 e. The monoisotopic (exact) mass is 421 g/mol. The highest BCUT2D eigenvalue weighted by atomic mass is 32.1. The summed E-state index contributed by atoms with van der Waals surface area (Å²) in [5.74, 6) is -1.14. The normalized spacial score (nSPS) is 13.4. The van der Waals surface area contributed by atoms with Gasteiger partial charge < -0.3 is 15.2 Å². The molecule has 1 aromatic heterocycles. The van der Waals surface area contributed by atoms with Gasteiger partial charge in [-0.15, -0.1) is 11.3 Å². The lowest BCUT2D eigenvalue weighted by molar-refractivity contribution is -0.139. The van der Waals surface area contributed by atoms with Crippen molar-refractivity contribution in [1.82, 2.24) is 5.32 Å². The molecular formula is C24H23NO4S. The van der Waals surface area contributed by atoms with Gasteiger partial charge in [-0.1, -0.05) is 48.5 Å². The van der Waals surface area contributed by atoms with Crippen LogP contribution >= 0.6 is 11.3 Å². The van der Waals surface area contributed by atoms with E-state index < -0.39 is 18.1 Å². The summed E-state index contributed by atoms with van der Waals surface area (Å²) in [6, 6.07) is 17.1. The minimum absolute atomic E-state index is 0.0611. The predicted molar refractivity (Wildman–Crippen MR) is 117 cm³/mol. The fourth-order valence-electron chi connectivity index (χ4n) is 3.93. The molecule has 30 heavy (non-hydrogen) atoms. The summed E-state index contributed by atoms with van der Waals surface area (Å²) in [5.41, 5.74) is 5.65. The summed E-state index contributed by atoms with van der Waals surface area (Å²) < 4.78 is 5.48. The molecule has 3 aromatic rings. The number of amides is 1. The molecule has 6 heteroatoms. The standard InChI is InChI=1S/C24H23NO4S/c1-14-11-16(30-15(14)2)12-22(23(26)27)25-24(28)29-13-21-19-9-5-3-7-17(19)18-8-4-6-10-20(18)21/h3-11,21-22H,12-13H2,1-2H3,(H,25,28)(H,26,27). The first-order chi connectivity index (χ1) is 14.4. The van der Waals surface area contributed by atoms with Gasteiger partial charge in [0.2, 0.25) is 0 Å². The van der Waals surface area contributed by atoms with Crippen LogP contribution in [0.1, 0.15) is 32.4 Å². The van der Waals surface area contributed by atoms with Crippen LogP contribution in [0.25, 0.3) is 11.1 Å². The Morgan fingerprint density at radius 2 is 1.67 bits per heavy atom. The Morgan fingerprint density at radius 1 is 1.07 bits per heavy atom. The van der Waals surface area contributed by atoms with E-state index in [0.29, 0.717) is 0 Å². The summed E-state index contributed by atoms with van der Waals surface area (Å²) in [5, 5.41) is 12.0. The third kappa shape index (κ3) is 3.96. The molecule has 1 unspecified atom stereocenters. The number of hydrogen-bond acceptors (Lipinski definition) is 4. The van der Waals surface area contributed by atoms with Crippen LogP contribution in [0.2, 0.25) is 0 Å². The number of alkyl carbamates (subject to hydrolysis) is 1. The zero-order valence-corrected chi connectivity index (χ0v) is 17.7.